The lowest BCUT2D eigenvalue weighted by Crippen LogP contribution is -2.07. The summed E-state index contributed by atoms with van der Waals surface area (Å²) in [5.41, 5.74) is 1.28. The largest absolute Gasteiger partial charge is 0.372 e. The summed E-state index contributed by atoms with van der Waals surface area (Å²) in [6, 6.07) is 0. The molecule has 1 aromatic rings. The van der Waals surface area contributed by atoms with Gasteiger partial charge in [-0.15, -0.1) is 0 Å². The molecule has 19 heavy (non-hydrogen) atoms. The van der Waals surface area contributed by atoms with Gasteiger partial charge in [-0.05, 0) is 48.3 Å². The zero-order chi connectivity index (χ0) is 13.2. The number of anilines is 1. The van der Waals surface area contributed by atoms with Crippen molar-refractivity contribution in [3.8, 4) is 0 Å². The molecule has 1 heterocycles. The first-order valence-corrected chi connectivity index (χ1v) is 9.26. The van der Waals surface area contributed by atoms with Crippen molar-refractivity contribution in [2.24, 2.45) is 0 Å². The van der Waals surface area contributed by atoms with Gasteiger partial charge in [0.2, 0.25) is 0 Å². The van der Waals surface area contributed by atoms with E-state index in [1.54, 1.807) is 0 Å². The zero-order valence-corrected chi connectivity index (χ0v) is 14.3. The van der Waals surface area contributed by atoms with E-state index in [2.05, 4.69) is 32.9 Å². The first-order chi connectivity index (χ1) is 9.28. The number of aromatic nitrogens is 2. The molecule has 1 aromatic heterocycles. The molecule has 3 nitrogen and oxygen atoms in total. The van der Waals surface area contributed by atoms with Gasteiger partial charge in [0.25, 0.3) is 0 Å². The monoisotopic (exact) mass is 389 g/mol. The predicted molar refractivity (Wildman–Crippen MR) is 89.8 cm³/mol. The normalized spacial score (nSPS) is 19.9. The fourth-order valence-electron chi connectivity index (χ4n) is 2.62. The Morgan fingerprint density at radius 1 is 1.21 bits per heavy atom. The molecule has 0 saturated heterocycles. The van der Waals surface area contributed by atoms with Crippen LogP contribution in [0.5, 0.6) is 0 Å². The summed E-state index contributed by atoms with van der Waals surface area (Å²) < 4.78 is 1.22. The van der Waals surface area contributed by atoms with Crippen LogP contribution in [-0.4, -0.2) is 22.3 Å². The fourth-order valence-corrected chi connectivity index (χ4v) is 4.75. The molecule has 1 N–H and O–H groups in total. The number of halogens is 1. The Labute approximate surface area is 132 Å². The molecule has 2 aliphatic rings. The summed E-state index contributed by atoms with van der Waals surface area (Å²) >= 11 is 4.43. The Morgan fingerprint density at radius 2 is 1.95 bits per heavy atom. The minimum absolute atomic E-state index is 0.692. The molecule has 0 aliphatic heterocycles. The highest BCUT2D eigenvalue weighted by Crippen LogP contribution is 2.42. The third-order valence-corrected chi connectivity index (χ3v) is 6.31. The van der Waals surface area contributed by atoms with Crippen molar-refractivity contribution in [3.05, 3.63) is 15.1 Å². The molecular weight excluding hydrogens is 369 g/mol. The first-order valence-electron chi connectivity index (χ1n) is 7.13. The van der Waals surface area contributed by atoms with E-state index in [1.165, 1.54) is 47.8 Å². The van der Waals surface area contributed by atoms with Crippen molar-refractivity contribution in [3.63, 3.8) is 0 Å². The van der Waals surface area contributed by atoms with Crippen LogP contribution >= 0.6 is 34.4 Å². The Morgan fingerprint density at radius 3 is 2.58 bits per heavy atom. The molecule has 0 bridgehead atoms. The van der Waals surface area contributed by atoms with Gasteiger partial charge in [-0.2, -0.15) is 11.8 Å². The van der Waals surface area contributed by atoms with E-state index in [1.807, 2.05) is 18.8 Å². The van der Waals surface area contributed by atoms with Crippen molar-refractivity contribution < 1.29 is 0 Å². The quantitative estimate of drug-likeness (QED) is 0.767. The van der Waals surface area contributed by atoms with Gasteiger partial charge in [-0.3, -0.25) is 0 Å². The van der Waals surface area contributed by atoms with Gasteiger partial charge in [-0.1, -0.05) is 12.8 Å². The van der Waals surface area contributed by atoms with E-state index in [9.17, 15) is 0 Å². The molecule has 0 atom stereocenters. The van der Waals surface area contributed by atoms with Crippen molar-refractivity contribution in [1.29, 1.82) is 0 Å². The standard InChI is InChI=1S/C14H20IN3S/c1-16-14-12(15)13(9-6-7-9)17-11(18-14)8-19-10-4-2-3-5-10/h9-10H,2-8H2,1H3,(H,16,17,18). The van der Waals surface area contributed by atoms with Crippen LogP contribution in [0, 0.1) is 3.57 Å². The Kier molecular flexibility index (Phi) is 4.51. The van der Waals surface area contributed by atoms with Gasteiger partial charge >= 0.3 is 0 Å². The molecule has 0 amide bonds. The highest BCUT2D eigenvalue weighted by atomic mass is 127. The summed E-state index contributed by atoms with van der Waals surface area (Å²) in [6.45, 7) is 0. The minimum Gasteiger partial charge on any atom is -0.372 e. The SMILES string of the molecule is CNc1nc(CSC2CCCC2)nc(C2CC2)c1I. The van der Waals surface area contributed by atoms with Crippen LogP contribution in [0.4, 0.5) is 5.82 Å². The molecule has 0 aromatic carbocycles. The second-order valence-corrected chi connectivity index (χ2v) is 7.80. The third-order valence-electron chi connectivity index (χ3n) is 3.87. The second kappa shape index (κ2) is 6.16. The lowest BCUT2D eigenvalue weighted by atomic mass is 10.2. The highest BCUT2D eigenvalue weighted by Gasteiger charge is 2.29. The maximum atomic E-state index is 4.82. The van der Waals surface area contributed by atoms with Crippen LogP contribution in [-0.2, 0) is 5.75 Å². The molecule has 104 valence electrons. The first kappa shape index (κ1) is 13.9. The van der Waals surface area contributed by atoms with Crippen LogP contribution in [0.1, 0.15) is 56.0 Å². The van der Waals surface area contributed by atoms with E-state index in [4.69, 9.17) is 4.98 Å². The minimum atomic E-state index is 0.692. The smallest absolute Gasteiger partial charge is 0.143 e. The maximum Gasteiger partial charge on any atom is 0.143 e. The van der Waals surface area contributed by atoms with Crippen molar-refractivity contribution in [2.75, 3.05) is 12.4 Å². The second-order valence-electron chi connectivity index (χ2n) is 5.43. The summed E-state index contributed by atoms with van der Waals surface area (Å²) in [4.78, 5) is 9.50. The van der Waals surface area contributed by atoms with E-state index in [0.717, 1.165) is 22.6 Å². The molecule has 2 fully saturated rings. The average Bonchev–Trinajstić information content (AvgIpc) is 3.13. The number of hydrogen-bond donors (Lipinski definition) is 1. The van der Waals surface area contributed by atoms with E-state index < -0.39 is 0 Å². The van der Waals surface area contributed by atoms with Crippen molar-refractivity contribution >= 4 is 40.2 Å². The van der Waals surface area contributed by atoms with Gasteiger partial charge in [0.15, 0.2) is 0 Å². The number of rotatable bonds is 5. The van der Waals surface area contributed by atoms with Gasteiger partial charge in [-0.25, -0.2) is 9.97 Å². The van der Waals surface area contributed by atoms with Gasteiger partial charge < -0.3 is 5.32 Å². The third kappa shape index (κ3) is 3.35. The number of nitrogens with zero attached hydrogens (tertiary/aromatic N) is 2. The van der Waals surface area contributed by atoms with Crippen LogP contribution in [0.3, 0.4) is 0 Å². The topological polar surface area (TPSA) is 37.8 Å². The Hall–Kier alpha value is -0.0400. The number of nitrogens with one attached hydrogen (secondary N) is 1. The van der Waals surface area contributed by atoms with Crippen LogP contribution in [0.15, 0.2) is 0 Å². The van der Waals surface area contributed by atoms with Crippen LogP contribution in [0.25, 0.3) is 0 Å². The fraction of sp³-hybridized carbons (Fsp3) is 0.714. The average molecular weight is 389 g/mol. The molecule has 0 unspecified atom stereocenters. The summed E-state index contributed by atoms with van der Waals surface area (Å²) in [7, 11) is 1.95. The highest BCUT2D eigenvalue weighted by molar-refractivity contribution is 14.1. The van der Waals surface area contributed by atoms with Crippen molar-refractivity contribution in [1.82, 2.24) is 9.97 Å². The van der Waals surface area contributed by atoms with E-state index in [0.29, 0.717) is 5.92 Å². The van der Waals surface area contributed by atoms with Gasteiger partial charge in [0.1, 0.15) is 11.6 Å². The Bertz CT molecular complexity index is 456. The molecule has 2 saturated carbocycles. The van der Waals surface area contributed by atoms with Gasteiger partial charge in [0, 0.05) is 18.2 Å². The molecule has 3 rings (SSSR count). The zero-order valence-electron chi connectivity index (χ0n) is 11.3. The van der Waals surface area contributed by atoms with Crippen LogP contribution < -0.4 is 5.32 Å². The van der Waals surface area contributed by atoms with Crippen LogP contribution in [0.2, 0.25) is 0 Å². The Balaban J connectivity index is 1.74. The van der Waals surface area contributed by atoms with E-state index in [-0.39, 0.29) is 0 Å². The lowest BCUT2D eigenvalue weighted by Gasteiger charge is -2.12. The maximum absolute atomic E-state index is 4.82. The number of thioether (sulfide) groups is 1. The summed E-state index contributed by atoms with van der Waals surface area (Å²) in [5, 5.41) is 4.06. The summed E-state index contributed by atoms with van der Waals surface area (Å²) in [6.07, 6.45) is 8.16. The predicted octanol–water partition coefficient (Wildman–Crippen LogP) is 4.18. The molecule has 0 radical (unpaired) electrons. The van der Waals surface area contributed by atoms with Crippen molar-refractivity contribution in [2.45, 2.75) is 55.4 Å². The summed E-state index contributed by atoms with van der Waals surface area (Å²) in [5.74, 6) is 3.69. The molecule has 0 spiro atoms. The molecule has 5 heteroatoms. The number of hydrogen-bond acceptors (Lipinski definition) is 4. The molecular formula is C14H20IN3S. The van der Waals surface area contributed by atoms with Gasteiger partial charge in [0.05, 0.1) is 15.0 Å². The lowest BCUT2D eigenvalue weighted by molar-refractivity contribution is 0.886. The van der Waals surface area contributed by atoms with E-state index >= 15 is 0 Å². The molecule has 2 aliphatic carbocycles.